The topological polar surface area (TPSA) is 17.1 Å². The van der Waals surface area contributed by atoms with Gasteiger partial charge in [-0.3, -0.25) is 4.79 Å². The second kappa shape index (κ2) is 5.26. The van der Waals surface area contributed by atoms with Crippen LogP contribution in [0.4, 0.5) is 0 Å². The van der Waals surface area contributed by atoms with E-state index in [0.29, 0.717) is 11.8 Å². The molecule has 0 radical (unpaired) electrons. The lowest BCUT2D eigenvalue weighted by Gasteiger charge is -2.21. The van der Waals surface area contributed by atoms with Crippen LogP contribution in [0.2, 0.25) is 0 Å². The van der Waals surface area contributed by atoms with Crippen molar-refractivity contribution in [2.45, 2.75) is 60.3 Å². The van der Waals surface area contributed by atoms with Crippen molar-refractivity contribution in [2.75, 3.05) is 0 Å². The first-order valence-corrected chi connectivity index (χ1v) is 6.83. The van der Waals surface area contributed by atoms with E-state index in [1.165, 1.54) is 11.1 Å². The Morgan fingerprint density at radius 1 is 1.00 bits per heavy atom. The van der Waals surface area contributed by atoms with E-state index in [4.69, 9.17) is 0 Å². The van der Waals surface area contributed by atoms with Crippen LogP contribution in [0.1, 0.15) is 81.8 Å². The fourth-order valence-electron chi connectivity index (χ4n) is 2.03. The molecule has 0 saturated heterocycles. The van der Waals surface area contributed by atoms with Gasteiger partial charge in [0.15, 0.2) is 5.78 Å². The van der Waals surface area contributed by atoms with Crippen molar-refractivity contribution >= 4 is 5.78 Å². The Bertz CT molecular complexity index is 433. The van der Waals surface area contributed by atoms with Gasteiger partial charge in [0.05, 0.1) is 0 Å². The van der Waals surface area contributed by atoms with Gasteiger partial charge in [-0.2, -0.15) is 0 Å². The van der Waals surface area contributed by atoms with Crippen LogP contribution in [0.25, 0.3) is 0 Å². The summed E-state index contributed by atoms with van der Waals surface area (Å²) in [4.78, 5) is 12.5. The Hall–Kier alpha value is -1.11. The number of Topliss-reactive ketones (excluding diaryl/α,β-unsaturated/α-hetero) is 1. The summed E-state index contributed by atoms with van der Waals surface area (Å²) < 4.78 is 0. The van der Waals surface area contributed by atoms with Crippen LogP contribution in [0.3, 0.4) is 0 Å². The Balaban J connectivity index is 3.33. The molecule has 1 aromatic carbocycles. The molecular formula is C17H26O. The highest BCUT2D eigenvalue weighted by Gasteiger charge is 2.26. The molecule has 0 bridgehead atoms. The molecule has 0 amide bonds. The molecule has 100 valence electrons. The summed E-state index contributed by atoms with van der Waals surface area (Å²) in [7, 11) is 0. The molecule has 0 unspecified atom stereocenters. The number of hydrogen-bond acceptors (Lipinski definition) is 1. The van der Waals surface area contributed by atoms with Crippen molar-refractivity contribution in [1.29, 1.82) is 0 Å². The first kappa shape index (κ1) is 14.9. The van der Waals surface area contributed by atoms with Gasteiger partial charge in [-0.15, -0.1) is 0 Å². The number of hydrogen-bond donors (Lipinski definition) is 0. The van der Waals surface area contributed by atoms with E-state index in [0.717, 1.165) is 5.56 Å². The third-order valence-electron chi connectivity index (χ3n) is 3.29. The van der Waals surface area contributed by atoms with Crippen LogP contribution >= 0.6 is 0 Å². The molecule has 18 heavy (non-hydrogen) atoms. The van der Waals surface area contributed by atoms with Crippen molar-refractivity contribution in [3.63, 3.8) is 0 Å². The van der Waals surface area contributed by atoms with Gasteiger partial charge in [-0.1, -0.05) is 66.7 Å². The molecule has 0 aliphatic rings. The van der Waals surface area contributed by atoms with Gasteiger partial charge in [0.1, 0.15) is 0 Å². The van der Waals surface area contributed by atoms with Crippen LogP contribution < -0.4 is 0 Å². The standard InChI is InChI=1S/C17H26O/c1-11(2)13-8-9-14(15(10-13)12(3)4)16(18)17(5,6)7/h8-12H,1-7H3. The minimum Gasteiger partial charge on any atom is -0.294 e. The van der Waals surface area contributed by atoms with Crippen LogP contribution in [0.5, 0.6) is 0 Å². The smallest absolute Gasteiger partial charge is 0.168 e. The molecule has 0 aliphatic heterocycles. The van der Waals surface area contributed by atoms with Crippen LogP contribution in [0.15, 0.2) is 18.2 Å². The van der Waals surface area contributed by atoms with Crippen molar-refractivity contribution in [1.82, 2.24) is 0 Å². The molecule has 0 atom stereocenters. The van der Waals surface area contributed by atoms with E-state index < -0.39 is 0 Å². The lowest BCUT2D eigenvalue weighted by atomic mass is 9.81. The Morgan fingerprint density at radius 3 is 1.94 bits per heavy atom. The quantitative estimate of drug-likeness (QED) is 0.673. The van der Waals surface area contributed by atoms with Crippen LogP contribution in [0, 0.1) is 5.41 Å². The zero-order chi connectivity index (χ0) is 14.1. The molecule has 0 aliphatic carbocycles. The maximum atomic E-state index is 12.5. The van der Waals surface area contributed by atoms with Gasteiger partial charge in [0.2, 0.25) is 0 Å². The molecule has 0 aromatic heterocycles. The third-order valence-corrected chi connectivity index (χ3v) is 3.29. The zero-order valence-corrected chi connectivity index (χ0v) is 12.8. The maximum Gasteiger partial charge on any atom is 0.168 e. The number of carbonyl (C=O) groups is 1. The fraction of sp³-hybridized carbons (Fsp3) is 0.588. The van der Waals surface area contributed by atoms with E-state index in [9.17, 15) is 4.79 Å². The zero-order valence-electron chi connectivity index (χ0n) is 12.8. The summed E-state index contributed by atoms with van der Waals surface area (Å²) in [6, 6.07) is 6.31. The first-order chi connectivity index (χ1) is 8.14. The Morgan fingerprint density at radius 2 is 1.56 bits per heavy atom. The normalized spacial score (nSPS) is 12.3. The Labute approximate surface area is 112 Å². The maximum absolute atomic E-state index is 12.5. The summed E-state index contributed by atoms with van der Waals surface area (Å²) in [6.45, 7) is 14.6. The van der Waals surface area contributed by atoms with Crippen molar-refractivity contribution in [3.05, 3.63) is 34.9 Å². The highest BCUT2D eigenvalue weighted by atomic mass is 16.1. The molecule has 1 heteroatoms. The minimum atomic E-state index is -0.316. The van der Waals surface area contributed by atoms with Crippen molar-refractivity contribution < 1.29 is 4.79 Å². The van der Waals surface area contributed by atoms with Gasteiger partial charge in [0.25, 0.3) is 0 Å². The SMILES string of the molecule is CC(C)c1ccc(C(=O)C(C)(C)C)c(C(C)C)c1. The van der Waals surface area contributed by atoms with Gasteiger partial charge in [0, 0.05) is 11.0 Å². The average Bonchev–Trinajstić information content (AvgIpc) is 2.25. The highest BCUT2D eigenvalue weighted by Crippen LogP contribution is 2.29. The third kappa shape index (κ3) is 3.22. The first-order valence-electron chi connectivity index (χ1n) is 6.83. The van der Waals surface area contributed by atoms with Crippen LogP contribution in [-0.4, -0.2) is 5.78 Å². The number of benzene rings is 1. The van der Waals surface area contributed by atoms with Gasteiger partial charge < -0.3 is 0 Å². The Kier molecular flexibility index (Phi) is 4.37. The lowest BCUT2D eigenvalue weighted by molar-refractivity contribution is 0.0857. The largest absolute Gasteiger partial charge is 0.294 e. The van der Waals surface area contributed by atoms with Gasteiger partial charge in [-0.05, 0) is 23.0 Å². The van der Waals surface area contributed by atoms with E-state index in [1.54, 1.807) is 0 Å². The van der Waals surface area contributed by atoms with E-state index in [1.807, 2.05) is 26.8 Å². The van der Waals surface area contributed by atoms with Gasteiger partial charge >= 0.3 is 0 Å². The number of rotatable bonds is 3. The predicted molar refractivity (Wildman–Crippen MR) is 78.4 cm³/mol. The fourth-order valence-corrected chi connectivity index (χ4v) is 2.03. The number of ketones is 1. The van der Waals surface area contributed by atoms with Crippen LogP contribution in [-0.2, 0) is 0 Å². The molecule has 0 heterocycles. The summed E-state index contributed by atoms with van der Waals surface area (Å²) in [6.07, 6.45) is 0. The minimum absolute atomic E-state index is 0.238. The monoisotopic (exact) mass is 246 g/mol. The predicted octanol–water partition coefficient (Wildman–Crippen LogP) is 5.16. The second-order valence-electron chi connectivity index (χ2n) is 6.74. The summed E-state index contributed by atoms with van der Waals surface area (Å²) in [5, 5.41) is 0. The molecule has 1 aromatic rings. The summed E-state index contributed by atoms with van der Waals surface area (Å²) >= 11 is 0. The van der Waals surface area contributed by atoms with E-state index in [2.05, 4.69) is 39.8 Å². The van der Waals surface area contributed by atoms with E-state index in [-0.39, 0.29) is 11.2 Å². The molecule has 0 saturated carbocycles. The average molecular weight is 246 g/mol. The number of carbonyl (C=O) groups excluding carboxylic acids is 1. The molecule has 0 spiro atoms. The molecule has 1 nitrogen and oxygen atoms in total. The van der Waals surface area contributed by atoms with Crippen molar-refractivity contribution in [3.8, 4) is 0 Å². The molecule has 1 rings (SSSR count). The lowest BCUT2D eigenvalue weighted by Crippen LogP contribution is -2.22. The second-order valence-corrected chi connectivity index (χ2v) is 6.74. The highest BCUT2D eigenvalue weighted by molar-refractivity contribution is 6.01. The molecular weight excluding hydrogens is 220 g/mol. The van der Waals surface area contributed by atoms with E-state index >= 15 is 0 Å². The van der Waals surface area contributed by atoms with Gasteiger partial charge in [-0.25, -0.2) is 0 Å². The van der Waals surface area contributed by atoms with Crippen molar-refractivity contribution in [2.24, 2.45) is 5.41 Å². The summed E-state index contributed by atoms with van der Waals surface area (Å²) in [5.41, 5.74) is 3.07. The molecule has 0 N–H and O–H groups in total. The molecule has 0 fully saturated rings. The summed E-state index contributed by atoms with van der Waals surface area (Å²) in [5.74, 6) is 1.12.